The molecule has 0 aromatic heterocycles. The number of hydrogen-bond acceptors (Lipinski definition) is 2. The molecule has 2 N–H and O–H groups in total. The van der Waals surface area contributed by atoms with Gasteiger partial charge in [0.05, 0.1) is 5.92 Å². The Labute approximate surface area is 145 Å². The van der Waals surface area contributed by atoms with Crippen molar-refractivity contribution in [1.29, 1.82) is 0 Å². The molecule has 8 heteroatoms. The van der Waals surface area contributed by atoms with Gasteiger partial charge in [0.1, 0.15) is 0 Å². The van der Waals surface area contributed by atoms with Crippen LogP contribution in [0.3, 0.4) is 0 Å². The first-order chi connectivity index (χ1) is 10.2. The number of aliphatic carboxylic acids is 2. The quantitative estimate of drug-likeness (QED) is 0.756. The first-order valence-electron chi connectivity index (χ1n) is 5.87. The first kappa shape index (κ1) is 17.2. The van der Waals surface area contributed by atoms with Crippen molar-refractivity contribution in [2.75, 3.05) is 0 Å². The summed E-state index contributed by atoms with van der Waals surface area (Å²) in [7, 11) is 0. The Kier molecular flexibility index (Phi) is 4.78. The van der Waals surface area contributed by atoms with Crippen molar-refractivity contribution in [3.8, 4) is 0 Å². The molecule has 1 unspecified atom stereocenters. The summed E-state index contributed by atoms with van der Waals surface area (Å²) in [4.78, 5) is 23.5. The predicted octanol–water partition coefficient (Wildman–Crippen LogP) is 4.49. The number of hydrogen-bond donors (Lipinski definition) is 2. The third kappa shape index (κ3) is 2.72. The molecule has 4 nitrogen and oxygen atoms in total. The summed E-state index contributed by atoms with van der Waals surface area (Å²) in [6, 6.07) is 4.30. The van der Waals surface area contributed by atoms with Crippen LogP contribution in [0.2, 0.25) is 10.0 Å². The van der Waals surface area contributed by atoms with E-state index in [1.165, 1.54) is 24.3 Å². The normalized spacial score (nSPS) is 20.1. The summed E-state index contributed by atoms with van der Waals surface area (Å²) >= 11 is 23.8. The van der Waals surface area contributed by atoms with Crippen molar-refractivity contribution in [2.45, 2.75) is 5.92 Å². The van der Waals surface area contributed by atoms with Crippen LogP contribution in [-0.2, 0) is 9.59 Å². The number of halogens is 4. The van der Waals surface area contributed by atoms with E-state index in [0.717, 1.165) is 6.08 Å². The maximum atomic E-state index is 11.7. The summed E-state index contributed by atoms with van der Waals surface area (Å²) in [6.45, 7) is 0. The molecular weight excluding hydrogens is 374 g/mol. The van der Waals surface area contributed by atoms with Gasteiger partial charge in [-0.2, -0.15) is 0 Å². The molecule has 0 heterocycles. The van der Waals surface area contributed by atoms with Crippen LogP contribution in [-0.4, -0.2) is 22.2 Å². The average Bonchev–Trinajstić information content (AvgIpc) is 2.38. The third-order valence-corrected chi connectivity index (χ3v) is 4.46. The van der Waals surface area contributed by atoms with Crippen LogP contribution in [0.1, 0.15) is 11.5 Å². The third-order valence-electron chi connectivity index (χ3n) is 3.35. The van der Waals surface area contributed by atoms with Gasteiger partial charge in [-0.3, -0.25) is 9.59 Å². The minimum atomic E-state index is -2.36. The highest BCUT2D eigenvalue weighted by atomic mass is 35.5. The second kappa shape index (κ2) is 6.13. The molecule has 1 aromatic rings. The van der Waals surface area contributed by atoms with Gasteiger partial charge >= 0.3 is 11.9 Å². The van der Waals surface area contributed by atoms with Gasteiger partial charge in [0.25, 0.3) is 0 Å². The zero-order valence-electron chi connectivity index (χ0n) is 10.7. The molecule has 0 amide bonds. The SMILES string of the molecule is O=C(O)C1(C(=O)O)C=C(Cl)C=C(Cl)C1c1ccc(Cl)cc1Cl. The second-order valence-electron chi connectivity index (χ2n) is 4.64. The zero-order valence-corrected chi connectivity index (χ0v) is 13.7. The second-order valence-corrected chi connectivity index (χ2v) is 6.35. The van der Waals surface area contributed by atoms with E-state index in [2.05, 4.69) is 0 Å². The molecule has 0 fully saturated rings. The number of carboxylic acids is 2. The van der Waals surface area contributed by atoms with Gasteiger partial charge in [-0.15, -0.1) is 0 Å². The van der Waals surface area contributed by atoms with Gasteiger partial charge < -0.3 is 10.2 Å². The molecule has 1 aromatic carbocycles. The minimum absolute atomic E-state index is 0.0403. The molecule has 1 aliphatic carbocycles. The smallest absolute Gasteiger partial charge is 0.326 e. The molecule has 22 heavy (non-hydrogen) atoms. The van der Waals surface area contributed by atoms with E-state index in [4.69, 9.17) is 46.4 Å². The summed E-state index contributed by atoms with van der Waals surface area (Å²) in [5.41, 5.74) is -2.13. The molecule has 0 radical (unpaired) electrons. The lowest BCUT2D eigenvalue weighted by molar-refractivity contribution is -0.161. The molecule has 1 aliphatic rings. The molecule has 0 spiro atoms. The zero-order chi connectivity index (χ0) is 16.7. The number of carboxylic acid groups (broad SMARTS) is 2. The first-order valence-corrected chi connectivity index (χ1v) is 7.38. The van der Waals surface area contributed by atoms with Crippen molar-refractivity contribution >= 4 is 58.3 Å². The molecule has 116 valence electrons. The number of carbonyl (C=O) groups is 2. The topological polar surface area (TPSA) is 74.6 Å². The van der Waals surface area contributed by atoms with Crippen molar-refractivity contribution in [3.63, 3.8) is 0 Å². The monoisotopic (exact) mass is 380 g/mol. The van der Waals surface area contributed by atoms with Crippen LogP contribution in [0.25, 0.3) is 0 Å². The van der Waals surface area contributed by atoms with Gasteiger partial charge in [0.2, 0.25) is 0 Å². The van der Waals surface area contributed by atoms with Gasteiger partial charge in [-0.1, -0.05) is 52.5 Å². The van der Waals surface area contributed by atoms with Crippen molar-refractivity contribution in [3.05, 3.63) is 56.0 Å². The van der Waals surface area contributed by atoms with Crippen LogP contribution < -0.4 is 0 Å². The Morgan fingerprint density at radius 3 is 2.14 bits per heavy atom. The van der Waals surface area contributed by atoms with Crippen molar-refractivity contribution in [1.82, 2.24) is 0 Å². The molecule has 2 rings (SSSR count). The Morgan fingerprint density at radius 1 is 1.05 bits per heavy atom. The van der Waals surface area contributed by atoms with Gasteiger partial charge in [0, 0.05) is 20.1 Å². The summed E-state index contributed by atoms with van der Waals surface area (Å²) < 4.78 is 0. The summed E-state index contributed by atoms with van der Waals surface area (Å²) in [5.74, 6) is -4.42. The highest BCUT2D eigenvalue weighted by Gasteiger charge is 2.55. The fourth-order valence-corrected chi connectivity index (χ4v) is 3.64. The Hall–Kier alpha value is -1.20. The highest BCUT2D eigenvalue weighted by molar-refractivity contribution is 6.37. The summed E-state index contributed by atoms with van der Waals surface area (Å²) in [5, 5.41) is 19.4. The Bertz CT molecular complexity index is 710. The van der Waals surface area contributed by atoms with E-state index in [1.807, 2.05) is 0 Å². The van der Waals surface area contributed by atoms with Crippen LogP contribution in [0.15, 0.2) is 40.4 Å². The largest absolute Gasteiger partial charge is 0.480 e. The summed E-state index contributed by atoms with van der Waals surface area (Å²) in [6.07, 6.45) is 2.24. The van der Waals surface area contributed by atoms with E-state index >= 15 is 0 Å². The lowest BCUT2D eigenvalue weighted by Gasteiger charge is -2.34. The molecule has 1 atom stereocenters. The fourth-order valence-electron chi connectivity index (χ4n) is 2.37. The van der Waals surface area contributed by atoms with E-state index < -0.39 is 23.3 Å². The number of allylic oxidation sites excluding steroid dienone is 3. The van der Waals surface area contributed by atoms with Crippen molar-refractivity contribution in [2.24, 2.45) is 5.41 Å². The van der Waals surface area contributed by atoms with Gasteiger partial charge in [-0.25, -0.2) is 0 Å². The van der Waals surface area contributed by atoms with Crippen LogP contribution in [0, 0.1) is 5.41 Å². The molecule has 0 saturated carbocycles. The average molecular weight is 382 g/mol. The lowest BCUT2D eigenvalue weighted by atomic mass is 9.69. The maximum Gasteiger partial charge on any atom is 0.326 e. The van der Waals surface area contributed by atoms with Crippen LogP contribution >= 0.6 is 46.4 Å². The van der Waals surface area contributed by atoms with Crippen molar-refractivity contribution < 1.29 is 19.8 Å². The van der Waals surface area contributed by atoms with E-state index in [1.54, 1.807) is 0 Å². The standard InChI is InChI=1S/C14H8Cl4O4/c15-6-1-2-8(9(17)3-6)11-10(18)4-7(16)5-14(11,12(19)20)13(21)22/h1-5,11H,(H,19,20)(H,21,22). The highest BCUT2D eigenvalue weighted by Crippen LogP contribution is 2.50. The lowest BCUT2D eigenvalue weighted by Crippen LogP contribution is -2.44. The molecule has 0 saturated heterocycles. The fraction of sp³-hybridized carbons (Fsp3) is 0.143. The number of rotatable bonds is 3. The van der Waals surface area contributed by atoms with Gasteiger partial charge in [0.15, 0.2) is 5.41 Å². The van der Waals surface area contributed by atoms with Crippen LogP contribution in [0.5, 0.6) is 0 Å². The van der Waals surface area contributed by atoms with E-state index in [-0.39, 0.29) is 20.7 Å². The van der Waals surface area contributed by atoms with Crippen LogP contribution in [0.4, 0.5) is 0 Å². The Morgan fingerprint density at radius 2 is 1.64 bits per heavy atom. The minimum Gasteiger partial charge on any atom is -0.480 e. The molecule has 0 bridgehead atoms. The van der Waals surface area contributed by atoms with Gasteiger partial charge in [-0.05, 0) is 29.8 Å². The molecular formula is C14H8Cl4O4. The predicted molar refractivity (Wildman–Crippen MR) is 84.8 cm³/mol. The molecule has 0 aliphatic heterocycles. The maximum absolute atomic E-state index is 11.7. The van der Waals surface area contributed by atoms with E-state index in [0.29, 0.717) is 5.02 Å². The number of benzene rings is 1. The van der Waals surface area contributed by atoms with E-state index in [9.17, 15) is 19.8 Å². The Balaban J connectivity index is 2.76.